The van der Waals surface area contributed by atoms with Crippen molar-refractivity contribution >= 4 is 29.4 Å². The highest BCUT2D eigenvalue weighted by Crippen LogP contribution is 2.28. The Balaban J connectivity index is 1.48. The van der Waals surface area contributed by atoms with E-state index in [1.807, 2.05) is 48.5 Å². The number of guanidine groups is 2. The molecule has 11 N–H and O–H groups in total. The molecule has 11 heteroatoms. The number of nitrogens with two attached hydrogens (primary N) is 5. The predicted molar refractivity (Wildman–Crippen MR) is 256 cm³/mol. The topological polar surface area (TPSA) is 218 Å². The van der Waals surface area contributed by atoms with E-state index in [9.17, 15) is 14.4 Å². The second-order valence-electron chi connectivity index (χ2n) is 18.5. The lowest BCUT2D eigenvalue weighted by Gasteiger charge is -2.23. The molecule has 0 saturated heterocycles. The van der Waals surface area contributed by atoms with E-state index in [-0.39, 0.29) is 53.1 Å². The molecule has 0 saturated carbocycles. The quantitative estimate of drug-likeness (QED) is 0.0268. The minimum Gasteiger partial charge on any atom is -0.370 e. The Hall–Kier alpha value is -5.81. The number of hydrogen-bond donors (Lipinski definition) is 6. The molecule has 0 fully saturated rings. The third-order valence-corrected chi connectivity index (χ3v) is 11.3. The van der Waals surface area contributed by atoms with Gasteiger partial charge in [-0.25, -0.2) is 0 Å². The van der Waals surface area contributed by atoms with Crippen LogP contribution in [0.5, 0.6) is 0 Å². The second-order valence-corrected chi connectivity index (χ2v) is 18.5. The summed E-state index contributed by atoms with van der Waals surface area (Å²) >= 11 is 0. The number of ketones is 2. The van der Waals surface area contributed by atoms with Crippen molar-refractivity contribution < 1.29 is 14.4 Å². The van der Waals surface area contributed by atoms with Gasteiger partial charge in [0.05, 0.1) is 12.1 Å². The van der Waals surface area contributed by atoms with E-state index in [4.69, 9.17) is 28.7 Å². The van der Waals surface area contributed by atoms with Gasteiger partial charge in [0, 0.05) is 31.8 Å². The summed E-state index contributed by atoms with van der Waals surface area (Å²) in [5.74, 6) is -1.44. The van der Waals surface area contributed by atoms with Gasteiger partial charge >= 0.3 is 0 Å². The molecule has 0 aliphatic rings. The fourth-order valence-corrected chi connectivity index (χ4v) is 7.37. The van der Waals surface area contributed by atoms with E-state index in [1.165, 1.54) is 11.1 Å². The number of Topliss-reactive ketones (excluding diaryl/α,β-unsaturated/α-hetero) is 2. The van der Waals surface area contributed by atoms with E-state index in [0.717, 1.165) is 46.2 Å². The molecule has 0 unspecified atom stereocenters. The van der Waals surface area contributed by atoms with Crippen molar-refractivity contribution in [3.05, 3.63) is 119 Å². The largest absolute Gasteiger partial charge is 0.370 e. The minimum atomic E-state index is -0.820. The van der Waals surface area contributed by atoms with Gasteiger partial charge in [-0.2, -0.15) is 0 Å². The number of nitrogens with one attached hydrogen (secondary N) is 1. The van der Waals surface area contributed by atoms with Crippen LogP contribution in [0, 0.1) is 5.92 Å². The molecule has 332 valence electrons. The molecule has 0 aliphatic carbocycles. The Morgan fingerprint density at radius 1 is 0.548 bits per heavy atom. The number of amides is 1. The van der Waals surface area contributed by atoms with Gasteiger partial charge in [-0.3, -0.25) is 24.4 Å². The molecule has 4 rings (SSSR count). The Labute approximate surface area is 369 Å². The maximum Gasteiger partial charge on any atom is 0.224 e. The van der Waals surface area contributed by atoms with E-state index in [0.29, 0.717) is 45.2 Å². The normalized spacial score (nSPS) is 13.1. The van der Waals surface area contributed by atoms with Gasteiger partial charge in [0.2, 0.25) is 5.91 Å². The Morgan fingerprint density at radius 2 is 0.968 bits per heavy atom. The van der Waals surface area contributed by atoms with E-state index in [2.05, 4.69) is 105 Å². The van der Waals surface area contributed by atoms with Crippen LogP contribution in [-0.4, -0.2) is 54.6 Å². The molecule has 3 atom stereocenters. The third kappa shape index (κ3) is 15.9. The number of unbranched alkanes of at least 4 members (excludes halogenated alkanes) is 2. The molecule has 0 bridgehead atoms. The van der Waals surface area contributed by atoms with Crippen LogP contribution in [0.15, 0.2) is 107 Å². The van der Waals surface area contributed by atoms with E-state index in [1.54, 1.807) is 0 Å². The number of nitrogens with zero attached hydrogens (tertiary/aromatic N) is 2. The van der Waals surface area contributed by atoms with Gasteiger partial charge in [0.25, 0.3) is 0 Å². The zero-order valence-electron chi connectivity index (χ0n) is 37.8. The number of carbonyl (C=O) groups is 3. The first-order chi connectivity index (χ1) is 29.3. The molecular formula is C51H70N8O3. The van der Waals surface area contributed by atoms with Crippen LogP contribution in [0.25, 0.3) is 22.3 Å². The zero-order chi connectivity index (χ0) is 45.5. The zero-order valence-corrected chi connectivity index (χ0v) is 37.8. The molecule has 0 spiro atoms. The summed E-state index contributed by atoms with van der Waals surface area (Å²) in [5, 5.41) is 3.05. The molecule has 1 amide bonds. The van der Waals surface area contributed by atoms with Crippen LogP contribution in [0.4, 0.5) is 0 Å². The maximum atomic E-state index is 14.2. The lowest BCUT2D eigenvalue weighted by molar-refractivity contribution is -0.133. The van der Waals surface area contributed by atoms with Gasteiger partial charge < -0.3 is 34.0 Å². The van der Waals surface area contributed by atoms with Crippen LogP contribution >= 0.6 is 0 Å². The standard InChI is InChI=1S/C51H70N8O3/c1-50(2,3)41-25-21-38(22-26-41)36-17-13-34(14-18-36)31-43(52)46(61)33-40(11-10-30-58-49(55)56)47(62)59-44(45(60)12-8-7-9-29-57-48(53)54)32-35-15-19-37(20-16-35)39-23-27-42(28-24-39)51(4,5)6/h13-28,40,43-44H,7-12,29-33,52H2,1-6H3,(H,59,62)(H4,53,54,57)(H4,55,56,58)/t40-,43+,44+/m1/s1. The van der Waals surface area contributed by atoms with Crippen molar-refractivity contribution in [1.29, 1.82) is 0 Å². The lowest BCUT2D eigenvalue weighted by atomic mass is 9.86. The van der Waals surface area contributed by atoms with Crippen LogP contribution < -0.4 is 34.0 Å². The molecule has 4 aromatic carbocycles. The number of rotatable bonds is 22. The van der Waals surface area contributed by atoms with Gasteiger partial charge in [-0.15, -0.1) is 0 Å². The van der Waals surface area contributed by atoms with Crippen LogP contribution in [0.3, 0.4) is 0 Å². The summed E-state index contributed by atoms with van der Waals surface area (Å²) in [4.78, 5) is 49.9. The van der Waals surface area contributed by atoms with Gasteiger partial charge in [-0.1, -0.05) is 145 Å². The predicted octanol–water partition coefficient (Wildman–Crippen LogP) is 7.24. The summed E-state index contributed by atoms with van der Waals surface area (Å²) in [6.07, 6.45) is 3.70. The lowest BCUT2D eigenvalue weighted by Crippen LogP contribution is -2.46. The first-order valence-electron chi connectivity index (χ1n) is 21.9. The molecular weight excluding hydrogens is 773 g/mol. The summed E-state index contributed by atoms with van der Waals surface area (Å²) in [5.41, 5.74) is 37.4. The molecule has 0 heterocycles. The minimum absolute atomic E-state index is 0.0383. The monoisotopic (exact) mass is 843 g/mol. The van der Waals surface area contributed by atoms with E-state index >= 15 is 0 Å². The Morgan fingerprint density at radius 3 is 1.40 bits per heavy atom. The van der Waals surface area contributed by atoms with Crippen molar-refractivity contribution in [3.63, 3.8) is 0 Å². The van der Waals surface area contributed by atoms with Crippen molar-refractivity contribution in [2.45, 2.75) is 122 Å². The van der Waals surface area contributed by atoms with Crippen molar-refractivity contribution in [3.8, 4) is 22.3 Å². The molecule has 0 aliphatic heterocycles. The highest BCUT2D eigenvalue weighted by molar-refractivity contribution is 5.93. The molecule has 11 nitrogen and oxygen atoms in total. The van der Waals surface area contributed by atoms with Gasteiger partial charge in [0.1, 0.15) is 0 Å². The smallest absolute Gasteiger partial charge is 0.224 e. The molecule has 62 heavy (non-hydrogen) atoms. The number of aliphatic imine (C=N–C) groups is 2. The fraction of sp³-hybridized carbons (Fsp3) is 0.431. The maximum absolute atomic E-state index is 14.2. The highest BCUT2D eigenvalue weighted by atomic mass is 16.2. The Kier molecular flexibility index (Phi) is 18.0. The summed E-state index contributed by atoms with van der Waals surface area (Å²) in [6, 6.07) is 31.6. The summed E-state index contributed by atoms with van der Waals surface area (Å²) < 4.78 is 0. The Bertz CT molecular complexity index is 2100. The first kappa shape index (κ1) is 48.9. The van der Waals surface area contributed by atoms with Crippen molar-refractivity contribution in [2.75, 3.05) is 13.1 Å². The van der Waals surface area contributed by atoms with Crippen molar-refractivity contribution in [2.24, 2.45) is 44.6 Å². The number of carbonyl (C=O) groups excluding carboxylic acids is 3. The van der Waals surface area contributed by atoms with E-state index < -0.39 is 18.0 Å². The van der Waals surface area contributed by atoms with Gasteiger partial charge in [0.15, 0.2) is 23.5 Å². The molecule has 0 radical (unpaired) electrons. The fourth-order valence-electron chi connectivity index (χ4n) is 7.37. The van der Waals surface area contributed by atoms with Crippen LogP contribution in [-0.2, 0) is 38.1 Å². The average molecular weight is 843 g/mol. The van der Waals surface area contributed by atoms with Crippen molar-refractivity contribution in [1.82, 2.24) is 5.32 Å². The first-order valence-corrected chi connectivity index (χ1v) is 21.9. The number of hydrogen-bond acceptors (Lipinski definition) is 6. The van der Waals surface area contributed by atoms with Gasteiger partial charge in [-0.05, 0) is 93.9 Å². The molecule has 0 aromatic heterocycles. The summed E-state index contributed by atoms with van der Waals surface area (Å²) in [7, 11) is 0. The summed E-state index contributed by atoms with van der Waals surface area (Å²) in [6.45, 7) is 13.9. The SMILES string of the molecule is CC(C)(C)c1ccc(-c2ccc(C[C@H](NC(=O)[C@H](CCCN=C(N)N)CC(=O)[C@@H](N)Cc3ccc(-c4ccc(C(C)(C)C)cc4)cc3)C(=O)CCCCCN=C(N)N)cc2)cc1. The second kappa shape index (κ2) is 22.9. The molecule has 4 aromatic rings. The number of benzene rings is 4. The van der Waals surface area contributed by atoms with Crippen LogP contribution in [0.2, 0.25) is 0 Å². The third-order valence-electron chi connectivity index (χ3n) is 11.3. The van der Waals surface area contributed by atoms with Crippen LogP contribution in [0.1, 0.15) is 109 Å². The average Bonchev–Trinajstić information content (AvgIpc) is 3.22. The highest BCUT2D eigenvalue weighted by Gasteiger charge is 2.29.